The first-order valence-corrected chi connectivity index (χ1v) is 10.2. The molecule has 3 aromatic rings. The van der Waals surface area contributed by atoms with E-state index < -0.39 is 5.91 Å². The van der Waals surface area contributed by atoms with E-state index >= 15 is 0 Å². The molecule has 0 spiro atoms. The van der Waals surface area contributed by atoms with Crippen LogP contribution in [0.2, 0.25) is 10.0 Å². The lowest BCUT2D eigenvalue weighted by atomic mass is 10.1. The summed E-state index contributed by atoms with van der Waals surface area (Å²) < 4.78 is 5.04. The molecule has 3 rings (SSSR count). The Hall–Kier alpha value is -3.05. The van der Waals surface area contributed by atoms with Crippen molar-refractivity contribution >= 4 is 51.7 Å². The smallest absolute Gasteiger partial charge is 0.268 e. The lowest BCUT2D eigenvalue weighted by molar-refractivity contribution is -0.112. The van der Waals surface area contributed by atoms with Crippen molar-refractivity contribution in [1.29, 1.82) is 5.26 Å². The Morgan fingerprint density at radius 3 is 2.83 bits per heavy atom. The van der Waals surface area contributed by atoms with Gasteiger partial charge in [-0.25, -0.2) is 4.98 Å². The number of methoxy groups -OCH3 is 1. The van der Waals surface area contributed by atoms with Crippen LogP contribution in [0.3, 0.4) is 0 Å². The molecule has 0 atom stereocenters. The van der Waals surface area contributed by atoms with Gasteiger partial charge in [0, 0.05) is 27.5 Å². The third kappa shape index (κ3) is 5.30. The highest BCUT2D eigenvalue weighted by atomic mass is 35.5. The lowest BCUT2D eigenvalue weighted by Crippen LogP contribution is -2.13. The van der Waals surface area contributed by atoms with E-state index in [4.69, 9.17) is 27.9 Å². The molecule has 1 amide bonds. The molecule has 1 aromatic heterocycles. The number of nitrogens with one attached hydrogen (secondary N) is 1. The molecule has 1 heterocycles. The van der Waals surface area contributed by atoms with Gasteiger partial charge in [0.2, 0.25) is 0 Å². The Balaban J connectivity index is 1.72. The molecule has 6 nitrogen and oxygen atoms in total. The van der Waals surface area contributed by atoms with Crippen LogP contribution in [0.5, 0.6) is 11.5 Å². The zero-order chi connectivity index (χ0) is 21.7. The van der Waals surface area contributed by atoms with Crippen LogP contribution >= 0.6 is 34.5 Å². The summed E-state index contributed by atoms with van der Waals surface area (Å²) >= 11 is 13.4. The number of thiazole rings is 1. The zero-order valence-corrected chi connectivity index (χ0v) is 18.0. The van der Waals surface area contributed by atoms with E-state index in [1.807, 2.05) is 12.1 Å². The minimum absolute atomic E-state index is 0.0336. The van der Waals surface area contributed by atoms with Crippen molar-refractivity contribution in [3.05, 3.63) is 74.2 Å². The molecule has 0 saturated heterocycles. The summed E-state index contributed by atoms with van der Waals surface area (Å²) in [6.45, 7) is 0. The van der Waals surface area contributed by atoms with Crippen LogP contribution in [-0.2, 0) is 11.2 Å². The Kier molecular flexibility index (Phi) is 6.95. The van der Waals surface area contributed by atoms with Crippen LogP contribution in [0.15, 0.2) is 48.2 Å². The Morgan fingerprint density at radius 1 is 1.33 bits per heavy atom. The summed E-state index contributed by atoms with van der Waals surface area (Å²) in [5, 5.41) is 23.1. The monoisotopic (exact) mass is 459 g/mol. The quantitative estimate of drug-likeness (QED) is 0.385. The van der Waals surface area contributed by atoms with Crippen molar-refractivity contribution in [2.75, 3.05) is 12.4 Å². The summed E-state index contributed by atoms with van der Waals surface area (Å²) in [5.74, 6) is -0.379. The maximum absolute atomic E-state index is 12.5. The van der Waals surface area contributed by atoms with Crippen molar-refractivity contribution in [1.82, 2.24) is 4.98 Å². The van der Waals surface area contributed by atoms with Gasteiger partial charge in [0.1, 0.15) is 11.6 Å². The molecule has 9 heteroatoms. The fourth-order valence-corrected chi connectivity index (χ4v) is 3.87. The summed E-state index contributed by atoms with van der Waals surface area (Å²) in [6.07, 6.45) is 3.59. The number of carbonyl (C=O) groups excluding carboxylic acids is 1. The second kappa shape index (κ2) is 9.63. The Morgan fingerprint density at radius 2 is 2.13 bits per heavy atom. The third-order valence-electron chi connectivity index (χ3n) is 4.03. The number of anilines is 1. The minimum Gasteiger partial charge on any atom is -0.504 e. The second-order valence-corrected chi connectivity index (χ2v) is 8.06. The summed E-state index contributed by atoms with van der Waals surface area (Å²) in [5.41, 5.74) is 1.32. The van der Waals surface area contributed by atoms with Gasteiger partial charge in [-0.2, -0.15) is 5.26 Å². The third-order valence-corrected chi connectivity index (χ3v) is 5.53. The maximum Gasteiger partial charge on any atom is 0.268 e. The van der Waals surface area contributed by atoms with E-state index in [2.05, 4.69) is 10.3 Å². The summed E-state index contributed by atoms with van der Waals surface area (Å²) in [6, 6.07) is 11.7. The zero-order valence-electron chi connectivity index (χ0n) is 15.6. The van der Waals surface area contributed by atoms with Gasteiger partial charge in [-0.1, -0.05) is 35.3 Å². The van der Waals surface area contributed by atoms with Crippen molar-refractivity contribution in [3.8, 4) is 17.6 Å². The molecule has 0 unspecified atom stereocenters. The standard InChI is InChI=1S/C21H15Cl2N3O3S/c1-29-19-7-12(2-5-18(19)27)6-14(10-24)20(28)26-21-25-11-16(30-21)8-13-3-4-15(22)9-17(13)23/h2-7,9,11,27H,8H2,1H3,(H,25,26,28)/b14-6+. The maximum atomic E-state index is 12.5. The number of ether oxygens (including phenoxy) is 1. The van der Waals surface area contributed by atoms with Gasteiger partial charge in [-0.05, 0) is 41.5 Å². The van der Waals surface area contributed by atoms with Gasteiger partial charge in [0.15, 0.2) is 16.6 Å². The number of hydrogen-bond acceptors (Lipinski definition) is 6. The van der Waals surface area contributed by atoms with Gasteiger partial charge in [-0.3, -0.25) is 10.1 Å². The number of amides is 1. The molecule has 2 aromatic carbocycles. The number of phenolic OH excluding ortho intramolecular Hbond substituents is 1. The lowest BCUT2D eigenvalue weighted by Gasteiger charge is -2.05. The number of nitriles is 1. The Labute approximate surface area is 187 Å². The highest BCUT2D eigenvalue weighted by Crippen LogP contribution is 2.28. The first kappa shape index (κ1) is 21.7. The predicted molar refractivity (Wildman–Crippen MR) is 118 cm³/mol. The van der Waals surface area contributed by atoms with Crippen molar-refractivity contribution in [2.45, 2.75) is 6.42 Å². The average molecular weight is 460 g/mol. The van der Waals surface area contributed by atoms with Crippen LogP contribution in [0, 0.1) is 11.3 Å². The van der Waals surface area contributed by atoms with Crippen LogP contribution in [0.1, 0.15) is 16.0 Å². The van der Waals surface area contributed by atoms with E-state index in [1.54, 1.807) is 24.4 Å². The number of aromatic hydroxyl groups is 1. The van der Waals surface area contributed by atoms with Gasteiger partial charge in [-0.15, -0.1) is 11.3 Å². The van der Waals surface area contributed by atoms with E-state index in [-0.39, 0.29) is 17.1 Å². The molecule has 0 radical (unpaired) electrons. The topological polar surface area (TPSA) is 95.2 Å². The van der Waals surface area contributed by atoms with E-state index in [0.29, 0.717) is 27.2 Å². The largest absolute Gasteiger partial charge is 0.504 e. The van der Waals surface area contributed by atoms with Crippen LogP contribution in [0.4, 0.5) is 5.13 Å². The summed E-state index contributed by atoms with van der Waals surface area (Å²) in [7, 11) is 1.41. The molecular formula is C21H15Cl2N3O3S. The number of aromatic nitrogens is 1. The molecule has 0 aliphatic rings. The van der Waals surface area contributed by atoms with E-state index in [0.717, 1.165) is 10.4 Å². The summed E-state index contributed by atoms with van der Waals surface area (Å²) in [4.78, 5) is 17.6. The number of nitrogens with zero attached hydrogens (tertiary/aromatic N) is 2. The number of phenols is 1. The van der Waals surface area contributed by atoms with Crippen LogP contribution in [0.25, 0.3) is 6.08 Å². The van der Waals surface area contributed by atoms with Crippen LogP contribution in [-0.4, -0.2) is 23.1 Å². The van der Waals surface area contributed by atoms with Gasteiger partial charge in [0.25, 0.3) is 5.91 Å². The minimum atomic E-state index is -0.588. The fourth-order valence-electron chi connectivity index (χ4n) is 2.56. The number of benzene rings is 2. The molecule has 30 heavy (non-hydrogen) atoms. The van der Waals surface area contributed by atoms with Crippen molar-refractivity contribution in [3.63, 3.8) is 0 Å². The highest BCUT2D eigenvalue weighted by molar-refractivity contribution is 7.15. The fraction of sp³-hybridized carbons (Fsp3) is 0.0952. The van der Waals surface area contributed by atoms with E-state index in [9.17, 15) is 15.2 Å². The predicted octanol–water partition coefficient (Wildman–Crippen LogP) is 5.30. The number of rotatable bonds is 6. The first-order valence-electron chi connectivity index (χ1n) is 8.58. The molecule has 0 bridgehead atoms. The molecule has 0 fully saturated rings. The first-order chi connectivity index (χ1) is 14.4. The molecule has 2 N–H and O–H groups in total. The van der Waals surface area contributed by atoms with Crippen molar-refractivity contribution < 1.29 is 14.6 Å². The number of hydrogen-bond donors (Lipinski definition) is 2. The Bertz CT molecular complexity index is 1170. The molecular weight excluding hydrogens is 445 g/mol. The molecule has 0 aliphatic carbocycles. The number of carbonyl (C=O) groups is 1. The normalized spacial score (nSPS) is 11.1. The van der Waals surface area contributed by atoms with Gasteiger partial charge < -0.3 is 9.84 Å². The van der Waals surface area contributed by atoms with Crippen LogP contribution < -0.4 is 10.1 Å². The van der Waals surface area contributed by atoms with Gasteiger partial charge in [0.05, 0.1) is 7.11 Å². The number of halogens is 2. The highest BCUT2D eigenvalue weighted by Gasteiger charge is 2.13. The second-order valence-electron chi connectivity index (χ2n) is 6.10. The van der Waals surface area contributed by atoms with Gasteiger partial charge >= 0.3 is 0 Å². The van der Waals surface area contributed by atoms with E-state index in [1.165, 1.54) is 36.7 Å². The SMILES string of the molecule is COc1cc(/C=C(\C#N)C(=O)Nc2ncc(Cc3ccc(Cl)cc3Cl)s2)ccc1O. The van der Waals surface area contributed by atoms with Crippen molar-refractivity contribution in [2.24, 2.45) is 0 Å². The average Bonchev–Trinajstić information content (AvgIpc) is 3.16. The molecule has 0 saturated carbocycles. The molecule has 0 aliphatic heterocycles. The molecule has 152 valence electrons.